The van der Waals surface area contributed by atoms with Crippen molar-refractivity contribution in [2.45, 2.75) is 6.42 Å². The molecule has 1 aliphatic rings. The summed E-state index contributed by atoms with van der Waals surface area (Å²) in [5.74, 6) is -1.87. The van der Waals surface area contributed by atoms with Gasteiger partial charge in [0.25, 0.3) is 0 Å². The van der Waals surface area contributed by atoms with Crippen molar-refractivity contribution in [2.24, 2.45) is 5.92 Å². The van der Waals surface area contributed by atoms with Crippen molar-refractivity contribution in [3.63, 3.8) is 0 Å². The van der Waals surface area contributed by atoms with Gasteiger partial charge in [-0.05, 0) is 24.6 Å². The number of hydrogen-bond acceptors (Lipinski definition) is 4. The van der Waals surface area contributed by atoms with Crippen LogP contribution in [0.1, 0.15) is 12.0 Å². The number of nitriles is 1. The standard InChI is InChI=1S/C16H14FN5O3/c17-12-7-10(8-18)1-2-13(12)22-6-4-14(20-22)19-16(25)21-5-3-11(9-21)15(23)24/h1-2,4,6-7,11H,3,5,9H2,(H,23,24)(H,19,20,25). The van der Waals surface area contributed by atoms with E-state index in [1.807, 2.05) is 6.07 Å². The second-order valence-corrected chi connectivity index (χ2v) is 5.62. The highest BCUT2D eigenvalue weighted by Gasteiger charge is 2.31. The Morgan fingerprint density at radius 2 is 2.20 bits per heavy atom. The Labute approximate surface area is 142 Å². The quantitative estimate of drug-likeness (QED) is 0.883. The molecular weight excluding hydrogens is 329 g/mol. The van der Waals surface area contributed by atoms with E-state index in [1.165, 1.54) is 34.0 Å². The van der Waals surface area contributed by atoms with Crippen LogP contribution in [0.2, 0.25) is 0 Å². The maximum Gasteiger partial charge on any atom is 0.323 e. The van der Waals surface area contributed by atoms with Crippen LogP contribution < -0.4 is 5.32 Å². The number of nitrogens with one attached hydrogen (secondary N) is 1. The molecule has 3 rings (SSSR count). The average molecular weight is 343 g/mol. The number of carboxylic acid groups (broad SMARTS) is 1. The van der Waals surface area contributed by atoms with Gasteiger partial charge in [0.15, 0.2) is 5.82 Å². The van der Waals surface area contributed by atoms with Crippen LogP contribution in [-0.4, -0.2) is 44.9 Å². The molecule has 1 saturated heterocycles. The molecule has 25 heavy (non-hydrogen) atoms. The number of anilines is 1. The minimum atomic E-state index is -0.920. The lowest BCUT2D eigenvalue weighted by Gasteiger charge is -2.15. The van der Waals surface area contributed by atoms with Crippen LogP contribution in [0, 0.1) is 23.1 Å². The highest BCUT2D eigenvalue weighted by Crippen LogP contribution is 2.19. The van der Waals surface area contributed by atoms with E-state index in [2.05, 4.69) is 10.4 Å². The molecule has 1 aliphatic heterocycles. The molecule has 1 fully saturated rings. The second-order valence-electron chi connectivity index (χ2n) is 5.62. The molecule has 0 spiro atoms. The zero-order chi connectivity index (χ0) is 18.0. The number of aromatic nitrogens is 2. The SMILES string of the molecule is N#Cc1ccc(-n2ccc(NC(=O)N3CCC(C(=O)O)C3)n2)c(F)c1. The second kappa shape index (κ2) is 6.60. The van der Waals surface area contributed by atoms with Crippen LogP contribution in [-0.2, 0) is 4.79 Å². The zero-order valence-corrected chi connectivity index (χ0v) is 13.0. The van der Waals surface area contributed by atoms with Crippen LogP contribution >= 0.6 is 0 Å². The van der Waals surface area contributed by atoms with Gasteiger partial charge in [0.05, 0.1) is 17.6 Å². The first-order valence-corrected chi connectivity index (χ1v) is 7.52. The number of likely N-dealkylation sites (tertiary alicyclic amines) is 1. The molecule has 2 amide bonds. The molecule has 0 aliphatic carbocycles. The topological polar surface area (TPSA) is 111 Å². The predicted molar refractivity (Wildman–Crippen MR) is 84.6 cm³/mol. The fraction of sp³-hybridized carbons (Fsp3) is 0.250. The predicted octanol–water partition coefficient (Wildman–Crippen LogP) is 1.82. The molecule has 2 aromatic rings. The lowest BCUT2D eigenvalue weighted by atomic mass is 10.1. The molecule has 1 unspecified atom stereocenters. The molecular formula is C16H14FN5O3. The third-order valence-corrected chi connectivity index (χ3v) is 3.97. The fourth-order valence-corrected chi connectivity index (χ4v) is 2.62. The number of aliphatic carboxylic acids is 1. The van der Waals surface area contributed by atoms with E-state index in [4.69, 9.17) is 10.4 Å². The lowest BCUT2D eigenvalue weighted by molar-refractivity contribution is -0.141. The Morgan fingerprint density at radius 1 is 1.40 bits per heavy atom. The molecule has 1 aromatic carbocycles. The number of hydrogen-bond donors (Lipinski definition) is 2. The van der Waals surface area contributed by atoms with Gasteiger partial charge in [0.2, 0.25) is 0 Å². The van der Waals surface area contributed by atoms with Crippen molar-refractivity contribution in [1.82, 2.24) is 14.7 Å². The summed E-state index contributed by atoms with van der Waals surface area (Å²) in [6.07, 6.45) is 1.89. The Bertz CT molecular complexity index is 873. The molecule has 0 bridgehead atoms. The largest absolute Gasteiger partial charge is 0.481 e. The number of carbonyl (C=O) groups excluding carboxylic acids is 1. The summed E-state index contributed by atoms with van der Waals surface area (Å²) in [7, 11) is 0. The number of rotatable bonds is 3. The first-order chi connectivity index (χ1) is 12.0. The van der Waals surface area contributed by atoms with Gasteiger partial charge < -0.3 is 10.0 Å². The Balaban J connectivity index is 1.69. The van der Waals surface area contributed by atoms with Gasteiger partial charge in [-0.1, -0.05) is 0 Å². The first-order valence-electron chi connectivity index (χ1n) is 7.52. The molecule has 8 nitrogen and oxygen atoms in total. The molecule has 2 N–H and O–H groups in total. The Hall–Kier alpha value is -3.41. The van der Waals surface area contributed by atoms with Crippen molar-refractivity contribution in [2.75, 3.05) is 18.4 Å². The summed E-state index contributed by atoms with van der Waals surface area (Å²) in [5, 5.41) is 24.4. The van der Waals surface area contributed by atoms with Crippen LogP contribution in [0.25, 0.3) is 5.69 Å². The van der Waals surface area contributed by atoms with E-state index in [0.717, 1.165) is 6.07 Å². The summed E-state index contributed by atoms with van der Waals surface area (Å²) < 4.78 is 15.2. The van der Waals surface area contributed by atoms with Gasteiger partial charge in [-0.3, -0.25) is 10.1 Å². The third kappa shape index (κ3) is 3.42. The van der Waals surface area contributed by atoms with E-state index in [0.29, 0.717) is 13.0 Å². The van der Waals surface area contributed by atoms with E-state index in [-0.39, 0.29) is 23.6 Å². The minimum absolute atomic E-state index is 0.145. The van der Waals surface area contributed by atoms with Crippen molar-refractivity contribution >= 4 is 17.8 Å². The van der Waals surface area contributed by atoms with E-state index in [1.54, 1.807) is 0 Å². The molecule has 0 saturated carbocycles. The van der Waals surface area contributed by atoms with Crippen LogP contribution in [0.15, 0.2) is 30.5 Å². The van der Waals surface area contributed by atoms with Crippen LogP contribution in [0.4, 0.5) is 15.0 Å². The number of carbonyl (C=O) groups is 2. The molecule has 128 valence electrons. The average Bonchev–Trinajstić information content (AvgIpc) is 3.24. The van der Waals surface area contributed by atoms with Gasteiger partial charge in [0.1, 0.15) is 11.5 Å². The molecule has 0 radical (unpaired) electrons. The summed E-state index contributed by atoms with van der Waals surface area (Å²) in [4.78, 5) is 24.5. The molecule has 2 heterocycles. The normalized spacial score (nSPS) is 16.5. The summed E-state index contributed by atoms with van der Waals surface area (Å²) in [5.41, 5.74) is 0.343. The van der Waals surface area contributed by atoms with Gasteiger partial charge >= 0.3 is 12.0 Å². The van der Waals surface area contributed by atoms with E-state index in [9.17, 15) is 14.0 Å². The smallest absolute Gasteiger partial charge is 0.323 e. The number of halogens is 1. The van der Waals surface area contributed by atoms with Crippen molar-refractivity contribution in [3.8, 4) is 11.8 Å². The number of carboxylic acids is 1. The highest BCUT2D eigenvalue weighted by atomic mass is 19.1. The van der Waals surface area contributed by atoms with Gasteiger partial charge in [-0.2, -0.15) is 5.26 Å². The van der Waals surface area contributed by atoms with Crippen molar-refractivity contribution < 1.29 is 19.1 Å². The summed E-state index contributed by atoms with van der Waals surface area (Å²) in [6.45, 7) is 0.500. The van der Waals surface area contributed by atoms with Gasteiger partial charge in [-0.15, -0.1) is 5.10 Å². The number of amides is 2. The Kier molecular flexibility index (Phi) is 4.35. The Morgan fingerprint density at radius 3 is 2.84 bits per heavy atom. The van der Waals surface area contributed by atoms with E-state index < -0.39 is 23.7 Å². The molecule has 1 atom stereocenters. The minimum Gasteiger partial charge on any atom is -0.481 e. The maximum absolute atomic E-state index is 14.0. The third-order valence-electron chi connectivity index (χ3n) is 3.97. The van der Waals surface area contributed by atoms with Crippen molar-refractivity contribution in [1.29, 1.82) is 5.26 Å². The molecule has 1 aromatic heterocycles. The maximum atomic E-state index is 14.0. The molecule has 9 heteroatoms. The number of benzene rings is 1. The number of nitrogens with zero attached hydrogens (tertiary/aromatic N) is 4. The monoisotopic (exact) mass is 343 g/mol. The first kappa shape index (κ1) is 16.4. The zero-order valence-electron chi connectivity index (χ0n) is 13.0. The summed E-state index contributed by atoms with van der Waals surface area (Å²) >= 11 is 0. The van der Waals surface area contributed by atoms with Crippen molar-refractivity contribution in [3.05, 3.63) is 41.8 Å². The van der Waals surface area contributed by atoms with Crippen LogP contribution in [0.3, 0.4) is 0 Å². The highest BCUT2D eigenvalue weighted by molar-refractivity contribution is 5.89. The van der Waals surface area contributed by atoms with Crippen LogP contribution in [0.5, 0.6) is 0 Å². The van der Waals surface area contributed by atoms with E-state index >= 15 is 0 Å². The lowest BCUT2D eigenvalue weighted by Crippen LogP contribution is -2.33. The van der Waals surface area contributed by atoms with Gasteiger partial charge in [0, 0.05) is 25.4 Å². The number of urea groups is 1. The summed E-state index contributed by atoms with van der Waals surface area (Å²) in [6, 6.07) is 6.89. The fourth-order valence-electron chi connectivity index (χ4n) is 2.62. The van der Waals surface area contributed by atoms with Gasteiger partial charge in [-0.25, -0.2) is 13.9 Å².